The topological polar surface area (TPSA) is 54.6 Å². The van der Waals surface area contributed by atoms with Gasteiger partial charge in [0.15, 0.2) is 0 Å². The van der Waals surface area contributed by atoms with Gasteiger partial charge in [0.05, 0.1) is 12.9 Å². The molecular weight excluding hydrogens is 290 g/mol. The average molecular weight is 308 g/mol. The van der Waals surface area contributed by atoms with Crippen molar-refractivity contribution in [1.82, 2.24) is 5.32 Å². The van der Waals surface area contributed by atoms with Gasteiger partial charge in [0.25, 0.3) is 0 Å². The third-order valence-corrected chi connectivity index (χ3v) is 3.91. The van der Waals surface area contributed by atoms with Crippen LogP contribution in [0, 0.1) is 0 Å². The largest absolute Gasteiger partial charge is 0.493 e. The van der Waals surface area contributed by atoms with Crippen LogP contribution in [0.1, 0.15) is 36.3 Å². The Labute approximate surface area is 128 Å². The van der Waals surface area contributed by atoms with Crippen LogP contribution in [0.25, 0.3) is 0 Å². The van der Waals surface area contributed by atoms with E-state index in [4.69, 9.17) is 20.8 Å². The van der Waals surface area contributed by atoms with Crippen molar-refractivity contribution < 1.29 is 14.3 Å². The van der Waals surface area contributed by atoms with Gasteiger partial charge in [-0.25, -0.2) is 0 Å². The zero-order valence-electron chi connectivity index (χ0n) is 11.6. The summed E-state index contributed by atoms with van der Waals surface area (Å²) >= 11 is 6.02. The van der Waals surface area contributed by atoms with Crippen LogP contribution in [0.5, 0.6) is 5.75 Å². The fourth-order valence-corrected chi connectivity index (χ4v) is 2.76. The molecule has 2 heterocycles. The Bertz CT molecular complexity index is 585. The van der Waals surface area contributed by atoms with Gasteiger partial charge in [0.1, 0.15) is 17.6 Å². The molecule has 1 aromatic carbocycles. The van der Waals surface area contributed by atoms with E-state index in [2.05, 4.69) is 5.32 Å². The molecule has 0 aliphatic carbocycles. The molecule has 0 amide bonds. The molecule has 0 saturated carbocycles. The summed E-state index contributed by atoms with van der Waals surface area (Å²) in [6, 6.07) is 9.39. The quantitative estimate of drug-likeness (QED) is 0.908. The van der Waals surface area contributed by atoms with Gasteiger partial charge in [0, 0.05) is 23.2 Å². The minimum atomic E-state index is -0.653. The van der Waals surface area contributed by atoms with Crippen molar-refractivity contribution in [2.45, 2.75) is 25.0 Å². The second kappa shape index (κ2) is 6.52. The van der Waals surface area contributed by atoms with Gasteiger partial charge in [-0.1, -0.05) is 17.7 Å². The summed E-state index contributed by atoms with van der Waals surface area (Å²) in [7, 11) is 0. The Morgan fingerprint density at radius 1 is 1.38 bits per heavy atom. The number of hydrogen-bond acceptors (Lipinski definition) is 4. The molecule has 0 saturated heterocycles. The van der Waals surface area contributed by atoms with Crippen molar-refractivity contribution in [3.05, 3.63) is 52.9 Å². The lowest BCUT2D eigenvalue weighted by atomic mass is 10.0. The first-order valence-corrected chi connectivity index (χ1v) is 7.49. The van der Waals surface area contributed by atoms with E-state index in [1.54, 1.807) is 18.4 Å². The molecule has 2 aromatic rings. The Morgan fingerprint density at radius 2 is 2.29 bits per heavy atom. The molecule has 112 valence electrons. The molecule has 1 aromatic heterocycles. The molecule has 5 heteroatoms. The minimum absolute atomic E-state index is 0.143. The smallest absolute Gasteiger partial charge is 0.133 e. The molecule has 0 spiro atoms. The van der Waals surface area contributed by atoms with Gasteiger partial charge in [-0.15, -0.1) is 0 Å². The van der Waals surface area contributed by atoms with Crippen LogP contribution < -0.4 is 10.1 Å². The maximum Gasteiger partial charge on any atom is 0.133 e. The standard InChI is InChI=1S/C16H18ClNO3/c17-11-5-6-12-13(3-1-7-21-16(12)9-11)18-10-14(19)15-4-2-8-20-15/h2,4-6,8-9,13-14,18-19H,1,3,7,10H2. The fourth-order valence-electron chi connectivity index (χ4n) is 2.59. The maximum atomic E-state index is 10.1. The summed E-state index contributed by atoms with van der Waals surface area (Å²) in [5, 5.41) is 14.2. The highest BCUT2D eigenvalue weighted by molar-refractivity contribution is 6.30. The van der Waals surface area contributed by atoms with Gasteiger partial charge in [-0.05, 0) is 37.1 Å². The van der Waals surface area contributed by atoms with Crippen molar-refractivity contribution in [3.8, 4) is 5.75 Å². The third kappa shape index (κ3) is 3.40. The number of aliphatic hydroxyl groups excluding tert-OH is 1. The second-order valence-corrected chi connectivity index (χ2v) is 5.60. The number of benzene rings is 1. The summed E-state index contributed by atoms with van der Waals surface area (Å²) in [6.07, 6.45) is 2.83. The van der Waals surface area contributed by atoms with E-state index in [0.29, 0.717) is 23.9 Å². The van der Waals surface area contributed by atoms with Crippen LogP contribution in [0.2, 0.25) is 5.02 Å². The molecule has 2 atom stereocenters. The zero-order chi connectivity index (χ0) is 14.7. The number of rotatable bonds is 4. The van der Waals surface area contributed by atoms with Crippen molar-refractivity contribution in [3.63, 3.8) is 0 Å². The Kier molecular flexibility index (Phi) is 4.48. The predicted octanol–water partition coefficient (Wildman–Crippen LogP) is 3.47. The van der Waals surface area contributed by atoms with Crippen molar-refractivity contribution >= 4 is 11.6 Å². The SMILES string of the molecule is OC(CNC1CCCOc2cc(Cl)ccc21)c1ccco1. The second-order valence-electron chi connectivity index (χ2n) is 5.16. The van der Waals surface area contributed by atoms with Gasteiger partial charge in [0.2, 0.25) is 0 Å². The van der Waals surface area contributed by atoms with Gasteiger partial charge < -0.3 is 19.6 Å². The highest BCUT2D eigenvalue weighted by Crippen LogP contribution is 2.33. The van der Waals surface area contributed by atoms with E-state index in [9.17, 15) is 5.11 Å². The Balaban J connectivity index is 1.71. The van der Waals surface area contributed by atoms with E-state index in [1.807, 2.05) is 18.2 Å². The molecule has 1 aliphatic heterocycles. The summed E-state index contributed by atoms with van der Waals surface area (Å²) in [5.41, 5.74) is 1.09. The number of furan rings is 1. The molecule has 3 rings (SSSR count). The van der Waals surface area contributed by atoms with E-state index in [1.165, 1.54) is 0 Å². The number of fused-ring (bicyclic) bond motifs is 1. The molecule has 0 fully saturated rings. The van der Waals surface area contributed by atoms with Crippen LogP contribution in [-0.4, -0.2) is 18.3 Å². The molecule has 1 aliphatic rings. The predicted molar refractivity (Wildman–Crippen MR) is 80.6 cm³/mol. The van der Waals surface area contributed by atoms with Crippen LogP contribution in [0.4, 0.5) is 0 Å². The highest BCUT2D eigenvalue weighted by Gasteiger charge is 2.21. The summed E-state index contributed by atoms with van der Waals surface area (Å²) in [6.45, 7) is 1.12. The van der Waals surface area contributed by atoms with Crippen LogP contribution in [-0.2, 0) is 0 Å². The fraction of sp³-hybridized carbons (Fsp3) is 0.375. The summed E-state index contributed by atoms with van der Waals surface area (Å²) in [5.74, 6) is 1.40. The first kappa shape index (κ1) is 14.4. The van der Waals surface area contributed by atoms with Gasteiger partial charge >= 0.3 is 0 Å². The van der Waals surface area contributed by atoms with Crippen LogP contribution in [0.15, 0.2) is 41.0 Å². The average Bonchev–Trinajstić information content (AvgIpc) is 2.94. The van der Waals surface area contributed by atoms with Crippen LogP contribution in [0.3, 0.4) is 0 Å². The van der Waals surface area contributed by atoms with E-state index in [-0.39, 0.29) is 6.04 Å². The molecule has 0 radical (unpaired) electrons. The number of ether oxygens (including phenoxy) is 1. The van der Waals surface area contributed by atoms with Crippen LogP contribution >= 0.6 is 11.6 Å². The highest BCUT2D eigenvalue weighted by atomic mass is 35.5. The minimum Gasteiger partial charge on any atom is -0.493 e. The van der Waals surface area contributed by atoms with Crippen molar-refractivity contribution in [1.29, 1.82) is 0 Å². The monoisotopic (exact) mass is 307 g/mol. The van der Waals surface area contributed by atoms with Crippen molar-refractivity contribution in [2.75, 3.05) is 13.2 Å². The zero-order valence-corrected chi connectivity index (χ0v) is 12.3. The molecule has 21 heavy (non-hydrogen) atoms. The molecule has 4 nitrogen and oxygen atoms in total. The van der Waals surface area contributed by atoms with Gasteiger partial charge in [-0.2, -0.15) is 0 Å². The van der Waals surface area contributed by atoms with E-state index in [0.717, 1.165) is 24.2 Å². The lowest BCUT2D eigenvalue weighted by Crippen LogP contribution is -2.26. The number of aliphatic hydroxyl groups is 1. The number of nitrogens with one attached hydrogen (secondary N) is 1. The first-order valence-electron chi connectivity index (χ1n) is 7.11. The molecule has 0 bridgehead atoms. The first-order chi connectivity index (χ1) is 10.2. The Morgan fingerprint density at radius 3 is 3.10 bits per heavy atom. The Hall–Kier alpha value is -1.49. The number of halogens is 1. The maximum absolute atomic E-state index is 10.1. The van der Waals surface area contributed by atoms with Gasteiger partial charge in [-0.3, -0.25) is 0 Å². The van der Waals surface area contributed by atoms with E-state index < -0.39 is 6.10 Å². The third-order valence-electron chi connectivity index (χ3n) is 3.67. The van der Waals surface area contributed by atoms with E-state index >= 15 is 0 Å². The lowest BCUT2D eigenvalue weighted by molar-refractivity contribution is 0.142. The molecule has 2 N–H and O–H groups in total. The number of hydrogen-bond donors (Lipinski definition) is 2. The normalized spacial score (nSPS) is 19.4. The molecule has 2 unspecified atom stereocenters. The summed E-state index contributed by atoms with van der Waals surface area (Å²) in [4.78, 5) is 0. The summed E-state index contributed by atoms with van der Waals surface area (Å²) < 4.78 is 10.9. The van der Waals surface area contributed by atoms with Crippen molar-refractivity contribution in [2.24, 2.45) is 0 Å². The molecular formula is C16H18ClNO3. The lowest BCUT2D eigenvalue weighted by Gasteiger charge is -2.20.